The van der Waals surface area contributed by atoms with E-state index in [0.717, 1.165) is 6.42 Å². The van der Waals surface area contributed by atoms with E-state index in [1.165, 1.54) is 6.20 Å². The second-order valence-corrected chi connectivity index (χ2v) is 5.60. The molecule has 1 aromatic carbocycles. The Labute approximate surface area is 145 Å². The topological polar surface area (TPSA) is 63.2 Å². The molecule has 2 N–H and O–H groups in total. The van der Waals surface area contributed by atoms with Gasteiger partial charge in [0.25, 0.3) is 5.91 Å². The van der Waals surface area contributed by atoms with Gasteiger partial charge in [0.15, 0.2) is 0 Å². The molecule has 5 nitrogen and oxygen atoms in total. The molecule has 2 aromatic rings. The van der Waals surface area contributed by atoms with Gasteiger partial charge < -0.3 is 15.4 Å². The maximum absolute atomic E-state index is 12.1. The molecule has 1 heterocycles. The van der Waals surface area contributed by atoms with Crippen LogP contribution in [0.5, 0.6) is 0 Å². The number of hydrogen-bond acceptors (Lipinski definition) is 4. The Balaban J connectivity index is 2.06. The van der Waals surface area contributed by atoms with Gasteiger partial charge in [-0.05, 0) is 24.6 Å². The summed E-state index contributed by atoms with van der Waals surface area (Å²) in [4.78, 5) is 16.1. The van der Waals surface area contributed by atoms with Gasteiger partial charge >= 0.3 is 0 Å². The number of benzene rings is 1. The fraction of sp³-hybridized carbons (Fsp3) is 0.250. The predicted molar refractivity (Wildman–Crippen MR) is 92.8 cm³/mol. The number of aromatic nitrogens is 1. The second-order valence-electron chi connectivity index (χ2n) is 4.79. The van der Waals surface area contributed by atoms with Gasteiger partial charge in [-0.3, -0.25) is 9.78 Å². The van der Waals surface area contributed by atoms with E-state index in [0.29, 0.717) is 40.1 Å². The number of carbonyl (C=O) groups excluding carboxylic acids is 1. The first kappa shape index (κ1) is 17.5. The summed E-state index contributed by atoms with van der Waals surface area (Å²) < 4.78 is 4.94. The van der Waals surface area contributed by atoms with Crippen LogP contribution in [0, 0.1) is 0 Å². The molecular formula is C16H17Cl2N3O2. The van der Waals surface area contributed by atoms with Crippen molar-refractivity contribution < 1.29 is 9.53 Å². The van der Waals surface area contributed by atoms with E-state index in [4.69, 9.17) is 27.9 Å². The van der Waals surface area contributed by atoms with Gasteiger partial charge in [0.2, 0.25) is 0 Å². The average molecular weight is 354 g/mol. The first-order chi connectivity index (χ1) is 11.1. The van der Waals surface area contributed by atoms with Gasteiger partial charge in [0.05, 0.1) is 33.2 Å². The highest BCUT2D eigenvalue weighted by Gasteiger charge is 2.09. The quantitative estimate of drug-likeness (QED) is 0.741. The van der Waals surface area contributed by atoms with Crippen molar-refractivity contribution >= 4 is 40.5 Å². The van der Waals surface area contributed by atoms with E-state index in [1.54, 1.807) is 37.6 Å². The third-order valence-electron chi connectivity index (χ3n) is 3.04. The molecule has 7 heteroatoms. The molecule has 0 saturated carbocycles. The van der Waals surface area contributed by atoms with Gasteiger partial charge in [-0.2, -0.15) is 0 Å². The number of nitrogens with zero attached hydrogens (tertiary/aromatic N) is 1. The van der Waals surface area contributed by atoms with Crippen molar-refractivity contribution in [1.82, 2.24) is 10.3 Å². The minimum absolute atomic E-state index is 0.192. The van der Waals surface area contributed by atoms with E-state index in [9.17, 15) is 4.79 Å². The van der Waals surface area contributed by atoms with Crippen molar-refractivity contribution in [3.05, 3.63) is 52.3 Å². The number of pyridine rings is 1. The molecular weight excluding hydrogens is 337 g/mol. The van der Waals surface area contributed by atoms with Crippen molar-refractivity contribution in [3.8, 4) is 0 Å². The van der Waals surface area contributed by atoms with Crippen molar-refractivity contribution in [2.75, 3.05) is 25.6 Å². The maximum atomic E-state index is 12.1. The Bertz CT molecular complexity index is 660. The molecule has 0 fully saturated rings. The SMILES string of the molecule is COCCCNC(=O)c1cncc(Nc2c(Cl)cccc2Cl)c1. The van der Waals surface area contributed by atoms with Crippen molar-refractivity contribution in [3.63, 3.8) is 0 Å². The van der Waals surface area contributed by atoms with Crippen molar-refractivity contribution in [2.24, 2.45) is 0 Å². The first-order valence-corrected chi connectivity index (χ1v) is 7.80. The zero-order valence-electron chi connectivity index (χ0n) is 12.6. The molecule has 2 rings (SSSR count). The number of hydrogen-bond donors (Lipinski definition) is 2. The lowest BCUT2D eigenvalue weighted by molar-refractivity contribution is 0.0948. The molecule has 122 valence electrons. The number of carbonyl (C=O) groups is 1. The van der Waals surface area contributed by atoms with Crippen LogP contribution in [-0.2, 0) is 4.74 Å². The van der Waals surface area contributed by atoms with Crippen LogP contribution >= 0.6 is 23.2 Å². The van der Waals surface area contributed by atoms with Crippen molar-refractivity contribution in [1.29, 1.82) is 0 Å². The van der Waals surface area contributed by atoms with E-state index in [-0.39, 0.29) is 5.91 Å². The van der Waals surface area contributed by atoms with Crippen LogP contribution in [0.15, 0.2) is 36.7 Å². The summed E-state index contributed by atoms with van der Waals surface area (Å²) in [6, 6.07) is 6.92. The number of amides is 1. The molecule has 0 atom stereocenters. The molecule has 1 amide bonds. The van der Waals surface area contributed by atoms with E-state index >= 15 is 0 Å². The number of para-hydroxylation sites is 1. The Morgan fingerprint density at radius 2 is 2.00 bits per heavy atom. The molecule has 23 heavy (non-hydrogen) atoms. The Morgan fingerprint density at radius 1 is 1.26 bits per heavy atom. The van der Waals surface area contributed by atoms with E-state index in [1.807, 2.05) is 0 Å². The summed E-state index contributed by atoms with van der Waals surface area (Å²) in [5, 5.41) is 6.88. The Morgan fingerprint density at radius 3 is 2.70 bits per heavy atom. The highest BCUT2D eigenvalue weighted by molar-refractivity contribution is 6.39. The minimum Gasteiger partial charge on any atom is -0.385 e. The minimum atomic E-state index is -0.192. The van der Waals surface area contributed by atoms with Crippen LogP contribution in [0.4, 0.5) is 11.4 Å². The number of rotatable bonds is 7. The molecule has 0 aliphatic heterocycles. The fourth-order valence-electron chi connectivity index (χ4n) is 1.91. The monoisotopic (exact) mass is 353 g/mol. The number of methoxy groups -OCH3 is 1. The predicted octanol–water partition coefficient (Wildman–Crippen LogP) is 3.90. The lowest BCUT2D eigenvalue weighted by Crippen LogP contribution is -2.25. The summed E-state index contributed by atoms with van der Waals surface area (Å²) in [6.07, 6.45) is 3.86. The largest absolute Gasteiger partial charge is 0.385 e. The second kappa shape index (κ2) is 8.72. The zero-order valence-corrected chi connectivity index (χ0v) is 14.1. The normalized spacial score (nSPS) is 10.4. The Hall–Kier alpha value is -1.82. The van der Waals surface area contributed by atoms with Crippen LogP contribution in [0.1, 0.15) is 16.8 Å². The number of halogens is 2. The smallest absolute Gasteiger partial charge is 0.252 e. The average Bonchev–Trinajstić information content (AvgIpc) is 2.55. The summed E-state index contributed by atoms with van der Waals surface area (Å²) in [6.45, 7) is 1.14. The van der Waals surface area contributed by atoms with Crippen molar-refractivity contribution in [2.45, 2.75) is 6.42 Å². The lowest BCUT2D eigenvalue weighted by Gasteiger charge is -2.11. The molecule has 0 bridgehead atoms. The van der Waals surface area contributed by atoms with Gasteiger partial charge in [-0.1, -0.05) is 29.3 Å². The molecule has 1 aromatic heterocycles. The van der Waals surface area contributed by atoms with Gasteiger partial charge in [0, 0.05) is 26.5 Å². The maximum Gasteiger partial charge on any atom is 0.252 e. The molecule has 0 radical (unpaired) electrons. The summed E-state index contributed by atoms with van der Waals surface area (Å²) in [5.74, 6) is -0.192. The van der Waals surface area contributed by atoms with E-state index in [2.05, 4.69) is 15.6 Å². The van der Waals surface area contributed by atoms with E-state index < -0.39 is 0 Å². The highest BCUT2D eigenvalue weighted by Crippen LogP contribution is 2.32. The molecule has 0 spiro atoms. The molecule has 0 aliphatic carbocycles. The highest BCUT2D eigenvalue weighted by atomic mass is 35.5. The van der Waals surface area contributed by atoms with Gasteiger partial charge in [-0.15, -0.1) is 0 Å². The summed E-state index contributed by atoms with van der Waals surface area (Å²) in [7, 11) is 1.63. The van der Waals surface area contributed by atoms with Crippen LogP contribution < -0.4 is 10.6 Å². The van der Waals surface area contributed by atoms with Gasteiger partial charge in [0.1, 0.15) is 0 Å². The zero-order chi connectivity index (χ0) is 16.7. The standard InChI is InChI=1S/C16H17Cl2N3O2/c1-23-7-3-6-20-16(22)11-8-12(10-19-9-11)21-15-13(17)4-2-5-14(15)18/h2,4-5,8-10,21H,3,6-7H2,1H3,(H,20,22). The summed E-state index contributed by atoms with van der Waals surface area (Å²) in [5.41, 5.74) is 1.66. The number of anilines is 2. The van der Waals surface area contributed by atoms with Crippen LogP contribution in [0.3, 0.4) is 0 Å². The molecule has 0 unspecified atom stereocenters. The third-order valence-corrected chi connectivity index (χ3v) is 3.67. The molecule has 0 aliphatic rings. The number of ether oxygens (including phenoxy) is 1. The van der Waals surface area contributed by atoms with Gasteiger partial charge in [-0.25, -0.2) is 0 Å². The fourth-order valence-corrected chi connectivity index (χ4v) is 2.41. The van der Waals surface area contributed by atoms with Crippen LogP contribution in [0.2, 0.25) is 10.0 Å². The number of nitrogens with one attached hydrogen (secondary N) is 2. The van der Waals surface area contributed by atoms with Crippen LogP contribution in [-0.4, -0.2) is 31.2 Å². The van der Waals surface area contributed by atoms with Crippen LogP contribution in [0.25, 0.3) is 0 Å². The summed E-state index contributed by atoms with van der Waals surface area (Å²) >= 11 is 12.2. The lowest BCUT2D eigenvalue weighted by atomic mass is 10.2. The third kappa shape index (κ3) is 5.10. The first-order valence-electron chi connectivity index (χ1n) is 7.05. The molecule has 0 saturated heterocycles. The Kier molecular flexibility index (Phi) is 6.65.